The van der Waals surface area contributed by atoms with Crippen LogP contribution in [0.1, 0.15) is 0 Å². The van der Waals surface area contributed by atoms with Gasteiger partial charge in [0.05, 0.1) is 6.54 Å². The highest BCUT2D eigenvalue weighted by atomic mass is 19.1. The molecule has 0 spiro atoms. The zero-order valence-electron chi connectivity index (χ0n) is 6.21. The summed E-state index contributed by atoms with van der Waals surface area (Å²) in [6, 6.07) is 0. The van der Waals surface area contributed by atoms with Gasteiger partial charge in [0.1, 0.15) is 12.4 Å². The first-order chi connectivity index (χ1) is 5.65. The molecule has 0 amide bonds. The molecule has 0 aliphatic carbocycles. The number of aryl methyl sites for hydroxylation is 1. The molecule has 0 fully saturated rings. The number of anilines is 1. The number of nitrogens with two attached hydrogens (primary N) is 1. The van der Waals surface area contributed by atoms with Gasteiger partial charge >= 0.3 is 5.69 Å². The minimum atomic E-state index is -0.675. The summed E-state index contributed by atoms with van der Waals surface area (Å²) < 4.78 is 12.8. The van der Waals surface area contributed by atoms with Crippen LogP contribution in [-0.4, -0.2) is 16.2 Å². The van der Waals surface area contributed by atoms with Crippen molar-refractivity contribution in [2.24, 2.45) is 0 Å². The van der Waals surface area contributed by atoms with E-state index in [1.54, 1.807) is 0 Å². The van der Waals surface area contributed by atoms with E-state index in [0.717, 1.165) is 10.8 Å². The van der Waals surface area contributed by atoms with Crippen molar-refractivity contribution in [1.29, 1.82) is 0 Å². The Morgan fingerprint density at radius 1 is 1.58 bits per heavy atom. The molecule has 6 heteroatoms. The molecule has 5 nitrogen and oxygen atoms in total. The second-order valence-corrected chi connectivity index (χ2v) is 2.23. The molecule has 3 N–H and O–H groups in total. The Morgan fingerprint density at radius 3 is 2.83 bits per heavy atom. The van der Waals surface area contributed by atoms with Crippen molar-refractivity contribution in [3.8, 4) is 0 Å². The van der Waals surface area contributed by atoms with Crippen molar-refractivity contribution in [2.45, 2.75) is 6.54 Å². The molecule has 1 heterocycles. The molecule has 1 aromatic rings. The number of hydrogen-bond donors (Lipinski definition) is 2. The Balaban J connectivity index is 3.24. The smallest absolute Gasteiger partial charge is 0.328 e. The van der Waals surface area contributed by atoms with E-state index < -0.39 is 17.9 Å². The molecule has 0 saturated carbocycles. The number of nitrogens with one attached hydrogen (secondary N) is 1. The van der Waals surface area contributed by atoms with Gasteiger partial charge in [0.15, 0.2) is 0 Å². The number of rotatable bonds is 2. The topological polar surface area (TPSA) is 80.9 Å². The molecule has 0 aromatic carbocycles. The third-order valence-corrected chi connectivity index (χ3v) is 1.36. The minimum absolute atomic E-state index is 0.0944. The van der Waals surface area contributed by atoms with Crippen LogP contribution in [0.25, 0.3) is 0 Å². The number of aromatic nitrogens is 2. The van der Waals surface area contributed by atoms with E-state index in [0.29, 0.717) is 0 Å². The molecule has 0 atom stereocenters. The van der Waals surface area contributed by atoms with Gasteiger partial charge in [0.25, 0.3) is 5.56 Å². The maximum Gasteiger partial charge on any atom is 0.328 e. The first-order valence-electron chi connectivity index (χ1n) is 3.30. The molecule has 0 radical (unpaired) electrons. The summed E-state index contributed by atoms with van der Waals surface area (Å²) in [7, 11) is 0. The highest BCUT2D eigenvalue weighted by Gasteiger charge is 1.99. The third-order valence-electron chi connectivity index (χ3n) is 1.36. The monoisotopic (exact) mass is 173 g/mol. The van der Waals surface area contributed by atoms with E-state index >= 15 is 0 Å². The minimum Gasteiger partial charge on any atom is -0.393 e. The molecule has 66 valence electrons. The first-order valence-corrected chi connectivity index (χ1v) is 3.30. The number of aromatic amines is 1. The molecule has 12 heavy (non-hydrogen) atoms. The van der Waals surface area contributed by atoms with E-state index in [2.05, 4.69) is 0 Å². The van der Waals surface area contributed by atoms with Crippen LogP contribution in [0.4, 0.5) is 10.1 Å². The Labute approximate surface area is 66.6 Å². The normalized spacial score (nSPS) is 10.1. The van der Waals surface area contributed by atoms with Crippen LogP contribution in [0, 0.1) is 0 Å². The maximum atomic E-state index is 11.8. The van der Waals surface area contributed by atoms with Gasteiger partial charge < -0.3 is 5.73 Å². The Hall–Kier alpha value is -1.59. The lowest BCUT2D eigenvalue weighted by atomic mass is 10.5. The highest BCUT2D eigenvalue weighted by Crippen LogP contribution is 1.86. The quantitative estimate of drug-likeness (QED) is 0.607. The fraction of sp³-hybridized carbons (Fsp3) is 0.333. The summed E-state index contributed by atoms with van der Waals surface area (Å²) in [4.78, 5) is 23.5. The van der Waals surface area contributed by atoms with Crippen LogP contribution in [0.2, 0.25) is 0 Å². The molecular formula is C6H8FN3O2. The van der Waals surface area contributed by atoms with E-state index in [1.165, 1.54) is 0 Å². The summed E-state index contributed by atoms with van der Waals surface area (Å²) in [5.41, 5.74) is 3.81. The van der Waals surface area contributed by atoms with Crippen molar-refractivity contribution in [1.82, 2.24) is 9.55 Å². The van der Waals surface area contributed by atoms with Crippen LogP contribution in [0.5, 0.6) is 0 Å². The van der Waals surface area contributed by atoms with Crippen molar-refractivity contribution in [3.05, 3.63) is 27.0 Å². The lowest BCUT2D eigenvalue weighted by Crippen LogP contribution is -2.31. The summed E-state index contributed by atoms with van der Waals surface area (Å²) in [5.74, 6) is 0. The van der Waals surface area contributed by atoms with Crippen LogP contribution in [0.15, 0.2) is 15.8 Å². The van der Waals surface area contributed by atoms with E-state index in [4.69, 9.17) is 5.73 Å². The maximum absolute atomic E-state index is 11.8. The molecule has 0 bridgehead atoms. The number of nitrogen functional groups attached to an aromatic ring is 1. The van der Waals surface area contributed by atoms with E-state index in [9.17, 15) is 14.0 Å². The Kier molecular flexibility index (Phi) is 2.27. The Morgan fingerprint density at radius 2 is 2.25 bits per heavy atom. The van der Waals surface area contributed by atoms with Crippen molar-refractivity contribution < 1.29 is 4.39 Å². The van der Waals surface area contributed by atoms with Gasteiger partial charge in [0.2, 0.25) is 0 Å². The molecule has 0 aliphatic heterocycles. The van der Waals surface area contributed by atoms with Crippen LogP contribution in [0.3, 0.4) is 0 Å². The van der Waals surface area contributed by atoms with Gasteiger partial charge in [0, 0.05) is 6.20 Å². The largest absolute Gasteiger partial charge is 0.393 e. The summed E-state index contributed by atoms with van der Waals surface area (Å²) in [5, 5.41) is 0. The first kappa shape index (κ1) is 8.51. The molecule has 0 unspecified atom stereocenters. The van der Waals surface area contributed by atoms with Crippen molar-refractivity contribution in [2.75, 3.05) is 12.4 Å². The number of hydrogen-bond acceptors (Lipinski definition) is 3. The molecule has 1 rings (SSSR count). The molecular weight excluding hydrogens is 165 g/mol. The van der Waals surface area contributed by atoms with Crippen molar-refractivity contribution in [3.63, 3.8) is 0 Å². The van der Waals surface area contributed by atoms with Crippen LogP contribution >= 0.6 is 0 Å². The highest BCUT2D eigenvalue weighted by molar-refractivity contribution is 5.30. The molecule has 0 saturated heterocycles. The summed E-state index contributed by atoms with van der Waals surface area (Å²) >= 11 is 0. The predicted molar refractivity (Wildman–Crippen MR) is 41.7 cm³/mol. The standard InChI is InChI=1S/C6H8FN3O2/c7-1-2-10-3-4(8)5(11)9-6(10)12/h3H,1-2,8H2,(H,9,11,12). The lowest BCUT2D eigenvalue weighted by Gasteiger charge is -2.00. The predicted octanol–water partition coefficient (Wildman–Crippen LogP) is -0.912. The Bertz CT molecular complexity index is 381. The zero-order chi connectivity index (χ0) is 9.14. The fourth-order valence-electron chi connectivity index (χ4n) is 0.783. The molecule has 0 aliphatic rings. The fourth-order valence-corrected chi connectivity index (χ4v) is 0.783. The van der Waals surface area contributed by atoms with Gasteiger partial charge in [-0.1, -0.05) is 0 Å². The van der Waals surface area contributed by atoms with E-state index in [1.807, 2.05) is 4.98 Å². The second kappa shape index (κ2) is 3.21. The van der Waals surface area contributed by atoms with E-state index in [-0.39, 0.29) is 12.2 Å². The third kappa shape index (κ3) is 1.52. The van der Waals surface area contributed by atoms with Gasteiger partial charge in [-0.05, 0) is 0 Å². The SMILES string of the molecule is Nc1cn(CCF)c(=O)[nH]c1=O. The lowest BCUT2D eigenvalue weighted by molar-refractivity contribution is 0.437. The number of halogens is 1. The van der Waals surface area contributed by atoms with Gasteiger partial charge in [-0.15, -0.1) is 0 Å². The average molecular weight is 173 g/mol. The molecule has 1 aromatic heterocycles. The van der Waals surface area contributed by atoms with Gasteiger partial charge in [-0.3, -0.25) is 14.3 Å². The van der Waals surface area contributed by atoms with Gasteiger partial charge in [-0.25, -0.2) is 9.18 Å². The van der Waals surface area contributed by atoms with Crippen LogP contribution < -0.4 is 17.0 Å². The number of H-pyrrole nitrogens is 1. The zero-order valence-corrected chi connectivity index (χ0v) is 6.21. The second-order valence-electron chi connectivity index (χ2n) is 2.23. The summed E-state index contributed by atoms with van der Waals surface area (Å²) in [6.45, 7) is -0.773. The van der Waals surface area contributed by atoms with Crippen LogP contribution in [-0.2, 0) is 6.54 Å². The van der Waals surface area contributed by atoms with Crippen molar-refractivity contribution >= 4 is 5.69 Å². The average Bonchev–Trinajstić information content (AvgIpc) is 2.01. The summed E-state index contributed by atoms with van der Waals surface area (Å²) in [6.07, 6.45) is 1.13. The van der Waals surface area contributed by atoms with Gasteiger partial charge in [-0.2, -0.15) is 0 Å². The number of alkyl halides is 1. The number of nitrogens with zero attached hydrogens (tertiary/aromatic N) is 1.